The van der Waals surface area contributed by atoms with Gasteiger partial charge in [0.05, 0.1) is 5.69 Å². The molecule has 20 heavy (non-hydrogen) atoms. The van der Waals surface area contributed by atoms with Crippen LogP contribution in [-0.2, 0) is 11.8 Å². The number of halogens is 3. The number of unbranched alkanes of at least 4 members (excludes halogenated alkanes) is 4. The number of pyridine rings is 1. The maximum atomic E-state index is 13.1. The highest BCUT2D eigenvalue weighted by molar-refractivity contribution is 5.31. The number of nitrogens with zero attached hydrogens (tertiary/aromatic N) is 1. The fourth-order valence-corrected chi connectivity index (χ4v) is 2.63. The number of aromatic nitrogens is 1. The van der Waals surface area contributed by atoms with E-state index in [9.17, 15) is 13.2 Å². The summed E-state index contributed by atoms with van der Waals surface area (Å²) >= 11 is 0. The minimum atomic E-state index is -4.17. The molecule has 1 aromatic rings. The van der Waals surface area contributed by atoms with E-state index in [0.717, 1.165) is 24.8 Å². The summed E-state index contributed by atoms with van der Waals surface area (Å²) in [6.45, 7) is 2.17. The van der Waals surface area contributed by atoms with Gasteiger partial charge in [-0.25, -0.2) is 0 Å². The molecule has 1 aromatic heterocycles. The van der Waals surface area contributed by atoms with E-state index in [-0.39, 0.29) is 18.5 Å². The van der Waals surface area contributed by atoms with Crippen LogP contribution in [0.25, 0.3) is 0 Å². The Morgan fingerprint density at radius 3 is 2.45 bits per heavy atom. The summed E-state index contributed by atoms with van der Waals surface area (Å²) in [5, 5.41) is 0. The molecule has 1 nitrogen and oxygen atoms in total. The van der Waals surface area contributed by atoms with Gasteiger partial charge in [-0.05, 0) is 43.4 Å². The van der Waals surface area contributed by atoms with Gasteiger partial charge in [0.2, 0.25) is 0 Å². The summed E-state index contributed by atoms with van der Waals surface area (Å²) in [7, 11) is 0. The van der Waals surface area contributed by atoms with Gasteiger partial charge in [-0.3, -0.25) is 4.98 Å². The Balaban J connectivity index is 1.95. The third-order valence-electron chi connectivity index (χ3n) is 4.18. The largest absolute Gasteiger partial charge is 0.399 e. The van der Waals surface area contributed by atoms with Crippen LogP contribution in [-0.4, -0.2) is 11.2 Å². The lowest BCUT2D eigenvalue weighted by Crippen LogP contribution is -2.29. The summed E-state index contributed by atoms with van der Waals surface area (Å²) in [5.74, 6) is 0. The van der Waals surface area contributed by atoms with Gasteiger partial charge in [0, 0.05) is 6.20 Å². The van der Waals surface area contributed by atoms with Gasteiger partial charge < -0.3 is 0 Å². The van der Waals surface area contributed by atoms with Gasteiger partial charge >= 0.3 is 6.18 Å². The third kappa shape index (κ3) is 3.33. The summed E-state index contributed by atoms with van der Waals surface area (Å²) < 4.78 is 39.2. The molecule has 0 atom stereocenters. The molecule has 0 aliphatic heterocycles. The van der Waals surface area contributed by atoms with Crippen LogP contribution in [0, 0.1) is 0 Å². The van der Waals surface area contributed by atoms with Crippen molar-refractivity contribution in [2.24, 2.45) is 0 Å². The van der Waals surface area contributed by atoms with E-state index >= 15 is 0 Å². The summed E-state index contributed by atoms with van der Waals surface area (Å²) in [6.07, 6.45) is 4.42. The number of rotatable bonds is 7. The third-order valence-corrected chi connectivity index (χ3v) is 4.18. The smallest absolute Gasteiger partial charge is 0.260 e. The van der Waals surface area contributed by atoms with E-state index in [2.05, 4.69) is 11.9 Å². The van der Waals surface area contributed by atoms with Crippen molar-refractivity contribution in [3.8, 4) is 0 Å². The second-order valence-electron chi connectivity index (χ2n) is 5.79. The van der Waals surface area contributed by atoms with Crippen molar-refractivity contribution >= 4 is 0 Å². The molecular weight excluding hydrogens is 263 g/mol. The SMILES string of the molecule is CCCCCCCc1ccnc(C2(C(F)(F)F)CC2)c1. The molecular formula is C16H22F3N. The second kappa shape index (κ2) is 6.15. The lowest BCUT2D eigenvalue weighted by atomic mass is 9.98. The highest BCUT2D eigenvalue weighted by Gasteiger charge is 2.65. The van der Waals surface area contributed by atoms with Crippen LogP contribution in [0.1, 0.15) is 63.1 Å². The second-order valence-corrected chi connectivity index (χ2v) is 5.79. The Labute approximate surface area is 118 Å². The first-order chi connectivity index (χ1) is 9.49. The summed E-state index contributed by atoms with van der Waals surface area (Å²) in [4.78, 5) is 3.98. The number of hydrogen-bond acceptors (Lipinski definition) is 1. The van der Waals surface area contributed by atoms with Crippen molar-refractivity contribution < 1.29 is 13.2 Å². The van der Waals surface area contributed by atoms with Gasteiger partial charge in [0.25, 0.3) is 0 Å². The average molecular weight is 285 g/mol. The highest BCUT2D eigenvalue weighted by atomic mass is 19.4. The maximum absolute atomic E-state index is 13.1. The molecule has 0 bridgehead atoms. The van der Waals surface area contributed by atoms with E-state index in [1.807, 2.05) is 6.07 Å². The van der Waals surface area contributed by atoms with Crippen molar-refractivity contribution in [2.45, 2.75) is 69.9 Å². The van der Waals surface area contributed by atoms with E-state index in [4.69, 9.17) is 0 Å². The van der Waals surface area contributed by atoms with E-state index < -0.39 is 11.6 Å². The first-order valence-electron chi connectivity index (χ1n) is 7.52. The zero-order valence-corrected chi connectivity index (χ0v) is 12.0. The first-order valence-corrected chi connectivity index (χ1v) is 7.52. The number of alkyl halides is 3. The standard InChI is InChI=1S/C16H22F3N/c1-2-3-4-5-6-7-13-8-11-20-14(12-13)15(9-10-15)16(17,18)19/h8,11-12H,2-7,9-10H2,1H3. The van der Waals surface area contributed by atoms with Crippen molar-refractivity contribution in [2.75, 3.05) is 0 Å². The molecule has 112 valence electrons. The fraction of sp³-hybridized carbons (Fsp3) is 0.688. The van der Waals surface area contributed by atoms with Crippen LogP contribution in [0.4, 0.5) is 13.2 Å². The Bertz CT molecular complexity index is 436. The van der Waals surface area contributed by atoms with Crippen LogP contribution in [0.3, 0.4) is 0 Å². The first kappa shape index (κ1) is 15.3. The Hall–Kier alpha value is -1.06. The fourth-order valence-electron chi connectivity index (χ4n) is 2.63. The van der Waals surface area contributed by atoms with Gasteiger partial charge in [-0.1, -0.05) is 32.6 Å². The Morgan fingerprint density at radius 1 is 1.15 bits per heavy atom. The van der Waals surface area contributed by atoms with Crippen LogP contribution >= 0.6 is 0 Å². The number of hydrogen-bond donors (Lipinski definition) is 0. The molecule has 1 fully saturated rings. The molecule has 0 amide bonds. The predicted molar refractivity (Wildman–Crippen MR) is 73.7 cm³/mol. The van der Waals surface area contributed by atoms with E-state index in [0.29, 0.717) is 0 Å². The molecule has 0 radical (unpaired) electrons. The molecule has 1 aliphatic rings. The average Bonchev–Trinajstić information content (AvgIpc) is 3.20. The highest BCUT2D eigenvalue weighted by Crippen LogP contribution is 2.58. The maximum Gasteiger partial charge on any atom is 0.399 e. The van der Waals surface area contributed by atoms with Crippen LogP contribution < -0.4 is 0 Å². The molecule has 0 spiro atoms. The van der Waals surface area contributed by atoms with Crippen molar-refractivity contribution in [1.82, 2.24) is 4.98 Å². The van der Waals surface area contributed by atoms with E-state index in [1.165, 1.54) is 25.5 Å². The normalized spacial score (nSPS) is 17.2. The molecule has 0 unspecified atom stereocenters. The van der Waals surface area contributed by atoms with E-state index in [1.54, 1.807) is 6.07 Å². The van der Waals surface area contributed by atoms with Crippen molar-refractivity contribution in [1.29, 1.82) is 0 Å². The minimum Gasteiger partial charge on any atom is -0.260 e. The van der Waals surface area contributed by atoms with Gasteiger partial charge in [0.15, 0.2) is 0 Å². The zero-order chi connectivity index (χ0) is 14.6. The van der Waals surface area contributed by atoms with Crippen LogP contribution in [0.5, 0.6) is 0 Å². The monoisotopic (exact) mass is 285 g/mol. The van der Waals surface area contributed by atoms with Crippen LogP contribution in [0.15, 0.2) is 18.3 Å². The quantitative estimate of drug-likeness (QED) is 0.628. The Morgan fingerprint density at radius 2 is 1.85 bits per heavy atom. The minimum absolute atomic E-state index is 0.184. The molecule has 1 saturated carbocycles. The molecule has 0 aromatic carbocycles. The van der Waals surface area contributed by atoms with Gasteiger partial charge in [-0.15, -0.1) is 0 Å². The lowest BCUT2D eigenvalue weighted by Gasteiger charge is -2.19. The molecule has 4 heteroatoms. The van der Waals surface area contributed by atoms with Gasteiger partial charge in [0.1, 0.15) is 5.41 Å². The number of aryl methyl sites for hydroxylation is 1. The summed E-state index contributed by atoms with van der Waals surface area (Å²) in [5.41, 5.74) is -0.441. The molecule has 2 rings (SSSR count). The molecule has 0 saturated heterocycles. The Kier molecular flexibility index (Phi) is 4.71. The molecule has 1 heterocycles. The lowest BCUT2D eigenvalue weighted by molar-refractivity contribution is -0.161. The van der Waals surface area contributed by atoms with Gasteiger partial charge in [-0.2, -0.15) is 13.2 Å². The molecule has 0 N–H and O–H groups in total. The van der Waals surface area contributed by atoms with Crippen LogP contribution in [0.2, 0.25) is 0 Å². The van der Waals surface area contributed by atoms with Crippen molar-refractivity contribution in [3.05, 3.63) is 29.6 Å². The topological polar surface area (TPSA) is 12.9 Å². The summed E-state index contributed by atoms with van der Waals surface area (Å²) in [6, 6.07) is 3.51. The zero-order valence-electron chi connectivity index (χ0n) is 12.0. The van der Waals surface area contributed by atoms with Crippen molar-refractivity contribution in [3.63, 3.8) is 0 Å². The predicted octanol–water partition coefficient (Wildman–Crippen LogP) is 5.19. The molecule has 1 aliphatic carbocycles.